The molecule has 68 valence electrons. The van der Waals surface area contributed by atoms with Crippen LogP contribution in [-0.2, 0) is 9.53 Å². The van der Waals surface area contributed by atoms with Gasteiger partial charge in [0.2, 0.25) is 5.83 Å². The van der Waals surface area contributed by atoms with Gasteiger partial charge >= 0.3 is 5.97 Å². The van der Waals surface area contributed by atoms with Gasteiger partial charge in [-0.25, -0.2) is 4.79 Å². The molecule has 0 aliphatic heterocycles. The van der Waals surface area contributed by atoms with Gasteiger partial charge in [0.15, 0.2) is 0 Å². The van der Waals surface area contributed by atoms with Gasteiger partial charge in [-0.3, -0.25) is 0 Å². The maximum atomic E-state index is 12.8. The van der Waals surface area contributed by atoms with Crippen molar-refractivity contribution >= 4 is 5.97 Å². The molecule has 0 N–H and O–H groups in total. The van der Waals surface area contributed by atoms with Crippen LogP contribution < -0.4 is 0 Å². The number of carbonyl (C=O) groups excluding carboxylic acids is 1. The van der Waals surface area contributed by atoms with E-state index >= 15 is 0 Å². The maximum absolute atomic E-state index is 12.8. The molecule has 3 heteroatoms. The van der Waals surface area contributed by atoms with E-state index in [1.54, 1.807) is 0 Å². The Kier molecular flexibility index (Phi) is 3.26. The van der Waals surface area contributed by atoms with Gasteiger partial charge in [-0.05, 0) is 24.8 Å². The quantitative estimate of drug-likeness (QED) is 0.471. The fourth-order valence-electron chi connectivity index (χ4n) is 1.50. The van der Waals surface area contributed by atoms with E-state index in [1.807, 2.05) is 0 Å². The van der Waals surface area contributed by atoms with Gasteiger partial charge in [-0.15, -0.1) is 0 Å². The molecule has 0 unspecified atom stereocenters. The Bertz CT molecular complexity index is 193. The summed E-state index contributed by atoms with van der Waals surface area (Å²) >= 11 is 0. The number of halogens is 1. The second kappa shape index (κ2) is 4.24. The fraction of sp³-hybridized carbons (Fsp3) is 0.667. The number of esters is 1. The van der Waals surface area contributed by atoms with Gasteiger partial charge in [0.1, 0.15) is 0 Å². The Morgan fingerprint density at radius 1 is 1.50 bits per heavy atom. The summed E-state index contributed by atoms with van der Waals surface area (Å²) in [7, 11) is 1.18. The van der Waals surface area contributed by atoms with Crippen LogP contribution in [0.5, 0.6) is 0 Å². The zero-order valence-corrected chi connectivity index (χ0v) is 7.18. The van der Waals surface area contributed by atoms with Crippen LogP contribution >= 0.6 is 0 Å². The van der Waals surface area contributed by atoms with E-state index in [0.717, 1.165) is 25.7 Å². The summed E-state index contributed by atoms with van der Waals surface area (Å²) in [6.45, 7) is 0. The van der Waals surface area contributed by atoms with Crippen molar-refractivity contribution in [3.05, 3.63) is 11.9 Å². The number of rotatable bonds is 2. The van der Waals surface area contributed by atoms with Crippen molar-refractivity contribution < 1.29 is 13.9 Å². The zero-order chi connectivity index (χ0) is 8.97. The molecular formula is C9H13FO2. The lowest BCUT2D eigenvalue weighted by atomic mass is 10.1. The molecule has 12 heavy (non-hydrogen) atoms. The first-order valence-corrected chi connectivity index (χ1v) is 4.19. The van der Waals surface area contributed by atoms with Crippen LogP contribution in [0.25, 0.3) is 0 Å². The normalized spacial score (nSPS) is 19.7. The van der Waals surface area contributed by atoms with Crippen molar-refractivity contribution in [1.29, 1.82) is 0 Å². The molecule has 2 nitrogen and oxygen atoms in total. The van der Waals surface area contributed by atoms with Crippen molar-refractivity contribution in [1.82, 2.24) is 0 Å². The molecule has 0 amide bonds. The van der Waals surface area contributed by atoms with Crippen LogP contribution in [-0.4, -0.2) is 13.1 Å². The number of hydrogen-bond acceptors (Lipinski definition) is 2. The molecule has 0 bridgehead atoms. The van der Waals surface area contributed by atoms with Crippen molar-refractivity contribution in [2.45, 2.75) is 25.7 Å². The minimum absolute atomic E-state index is 0.240. The van der Waals surface area contributed by atoms with Crippen molar-refractivity contribution in [3.8, 4) is 0 Å². The predicted molar refractivity (Wildman–Crippen MR) is 43.2 cm³/mol. The number of carbonyl (C=O) groups is 1. The van der Waals surface area contributed by atoms with Crippen LogP contribution in [0, 0.1) is 5.92 Å². The topological polar surface area (TPSA) is 26.3 Å². The summed E-state index contributed by atoms with van der Waals surface area (Å²) in [6, 6.07) is 0. The molecule has 0 aromatic rings. The van der Waals surface area contributed by atoms with Crippen LogP contribution in [0.1, 0.15) is 25.7 Å². The molecule has 0 radical (unpaired) electrons. The summed E-state index contributed by atoms with van der Waals surface area (Å²) in [6.07, 6.45) is 5.64. The minimum atomic E-state index is -0.859. The Labute approximate surface area is 71.4 Å². The average Bonchev–Trinajstić information content (AvgIpc) is 2.55. The van der Waals surface area contributed by atoms with Gasteiger partial charge < -0.3 is 4.74 Å². The highest BCUT2D eigenvalue weighted by Gasteiger charge is 2.16. The third kappa shape index (κ3) is 2.32. The van der Waals surface area contributed by atoms with E-state index < -0.39 is 11.8 Å². The highest BCUT2D eigenvalue weighted by atomic mass is 19.1. The fourth-order valence-corrected chi connectivity index (χ4v) is 1.50. The summed E-state index contributed by atoms with van der Waals surface area (Å²) in [4.78, 5) is 10.6. The third-order valence-corrected chi connectivity index (χ3v) is 2.16. The van der Waals surface area contributed by atoms with E-state index in [2.05, 4.69) is 4.74 Å². The molecule has 0 atom stereocenters. The Morgan fingerprint density at radius 3 is 2.58 bits per heavy atom. The SMILES string of the molecule is COC(=O)/C(F)=C/C1CCCC1. The van der Waals surface area contributed by atoms with Gasteiger partial charge in [0, 0.05) is 0 Å². The van der Waals surface area contributed by atoms with Gasteiger partial charge in [0.05, 0.1) is 7.11 Å². The number of hydrogen-bond donors (Lipinski definition) is 0. The standard InChI is InChI=1S/C9H13FO2/c1-12-9(11)8(10)6-7-4-2-3-5-7/h6-7H,2-5H2,1H3/b8-6-. The molecule has 0 aromatic heterocycles. The monoisotopic (exact) mass is 172 g/mol. The second-order valence-corrected chi connectivity index (χ2v) is 3.05. The van der Waals surface area contributed by atoms with Gasteiger partial charge in [-0.2, -0.15) is 4.39 Å². The second-order valence-electron chi connectivity index (χ2n) is 3.05. The Morgan fingerprint density at radius 2 is 2.08 bits per heavy atom. The molecular weight excluding hydrogens is 159 g/mol. The van der Waals surface area contributed by atoms with Gasteiger partial charge in [0.25, 0.3) is 0 Å². The van der Waals surface area contributed by atoms with E-state index in [1.165, 1.54) is 13.2 Å². The molecule has 0 spiro atoms. The van der Waals surface area contributed by atoms with E-state index in [-0.39, 0.29) is 5.92 Å². The summed E-state index contributed by atoms with van der Waals surface area (Å²) < 4.78 is 17.1. The lowest BCUT2D eigenvalue weighted by Crippen LogP contribution is -2.02. The van der Waals surface area contributed by atoms with E-state index in [4.69, 9.17) is 0 Å². The molecule has 0 heterocycles. The van der Waals surface area contributed by atoms with E-state index in [0.29, 0.717) is 0 Å². The first kappa shape index (κ1) is 9.23. The Balaban J connectivity index is 2.48. The maximum Gasteiger partial charge on any atom is 0.366 e. The molecule has 0 aromatic carbocycles. The van der Waals surface area contributed by atoms with E-state index in [9.17, 15) is 9.18 Å². The first-order valence-electron chi connectivity index (χ1n) is 4.19. The largest absolute Gasteiger partial charge is 0.464 e. The molecule has 0 saturated heterocycles. The lowest BCUT2D eigenvalue weighted by molar-refractivity contribution is -0.137. The average molecular weight is 172 g/mol. The van der Waals surface area contributed by atoms with Crippen LogP contribution in [0.4, 0.5) is 4.39 Å². The smallest absolute Gasteiger partial charge is 0.366 e. The lowest BCUT2D eigenvalue weighted by Gasteiger charge is -2.00. The molecule has 1 aliphatic rings. The molecule has 1 aliphatic carbocycles. The highest BCUT2D eigenvalue weighted by Crippen LogP contribution is 2.27. The highest BCUT2D eigenvalue weighted by molar-refractivity contribution is 5.85. The zero-order valence-electron chi connectivity index (χ0n) is 7.18. The first-order chi connectivity index (χ1) is 5.74. The van der Waals surface area contributed by atoms with Crippen LogP contribution in [0.15, 0.2) is 11.9 Å². The molecule has 1 fully saturated rings. The minimum Gasteiger partial charge on any atom is -0.464 e. The predicted octanol–water partition coefficient (Wildman–Crippen LogP) is 2.20. The Hall–Kier alpha value is -0.860. The van der Waals surface area contributed by atoms with Crippen molar-refractivity contribution in [2.24, 2.45) is 5.92 Å². The summed E-state index contributed by atoms with van der Waals surface area (Å²) in [5, 5.41) is 0. The number of allylic oxidation sites excluding steroid dienone is 1. The number of methoxy groups -OCH3 is 1. The number of ether oxygens (including phenoxy) is 1. The molecule has 1 saturated carbocycles. The van der Waals surface area contributed by atoms with Crippen molar-refractivity contribution in [3.63, 3.8) is 0 Å². The van der Waals surface area contributed by atoms with Crippen LogP contribution in [0.2, 0.25) is 0 Å². The van der Waals surface area contributed by atoms with Crippen molar-refractivity contribution in [2.75, 3.05) is 7.11 Å². The van der Waals surface area contributed by atoms with Gasteiger partial charge in [-0.1, -0.05) is 12.8 Å². The summed E-state index contributed by atoms with van der Waals surface area (Å²) in [5.74, 6) is -1.37. The third-order valence-electron chi connectivity index (χ3n) is 2.16. The van der Waals surface area contributed by atoms with Crippen LogP contribution in [0.3, 0.4) is 0 Å². The summed E-state index contributed by atoms with van der Waals surface area (Å²) in [5.41, 5.74) is 0. The molecule has 1 rings (SSSR count).